The summed E-state index contributed by atoms with van der Waals surface area (Å²) in [5.74, 6) is 1.13. The smallest absolute Gasteiger partial charge is 0.409 e. The lowest BCUT2D eigenvalue weighted by molar-refractivity contribution is -0.00294. The summed E-state index contributed by atoms with van der Waals surface area (Å²) in [7, 11) is 1.85. The third-order valence-electron chi connectivity index (χ3n) is 8.57. The van der Waals surface area contributed by atoms with Gasteiger partial charge < -0.3 is 19.4 Å². The number of ether oxygens (including phenoxy) is 1. The zero-order valence-corrected chi connectivity index (χ0v) is 21.3. The molecule has 2 aromatic rings. The van der Waals surface area contributed by atoms with Crippen molar-refractivity contribution in [2.24, 2.45) is 5.41 Å². The Balaban J connectivity index is 1.09. The van der Waals surface area contributed by atoms with Crippen LogP contribution in [0.4, 0.5) is 10.6 Å². The van der Waals surface area contributed by atoms with E-state index >= 15 is 0 Å². The van der Waals surface area contributed by atoms with Gasteiger partial charge in [0.05, 0.1) is 6.61 Å². The van der Waals surface area contributed by atoms with E-state index in [0.717, 1.165) is 67.3 Å². The fourth-order valence-electron chi connectivity index (χ4n) is 6.69. The van der Waals surface area contributed by atoms with Crippen LogP contribution in [0.1, 0.15) is 42.1 Å². The zero-order chi connectivity index (χ0) is 24.9. The van der Waals surface area contributed by atoms with Gasteiger partial charge in [0.25, 0.3) is 5.91 Å². The molecule has 4 aliphatic rings. The quantitative estimate of drug-likeness (QED) is 0.655. The molecule has 0 radical (unpaired) electrons. The van der Waals surface area contributed by atoms with E-state index in [2.05, 4.69) is 28.0 Å². The molecule has 1 aromatic heterocycles. The Morgan fingerprint density at radius 2 is 1.94 bits per heavy atom. The van der Waals surface area contributed by atoms with Crippen LogP contribution in [0.3, 0.4) is 0 Å². The average molecular weight is 490 g/mol. The summed E-state index contributed by atoms with van der Waals surface area (Å²) in [6.07, 6.45) is 5.32. The summed E-state index contributed by atoms with van der Waals surface area (Å²) in [5, 5.41) is 0. The molecule has 3 fully saturated rings. The van der Waals surface area contributed by atoms with Crippen molar-refractivity contribution < 1.29 is 14.3 Å². The standard InChI is InChI=1S/C28H35N5O3/c1-3-36-27(35)33-18-28(19-33)9-8-22(16-28)31-11-13-32(14-12-31)25-23(5-4-10-29-25)20-6-7-24-21(15-20)17-30(2)26(24)34/h4-7,10,15,22H,3,8-9,11-14,16-19H2,1-2H3/t22-/m1/s1. The van der Waals surface area contributed by atoms with Gasteiger partial charge in [-0.2, -0.15) is 0 Å². The van der Waals surface area contributed by atoms with Crippen molar-refractivity contribution in [2.75, 3.05) is 57.8 Å². The second-order valence-corrected chi connectivity index (χ2v) is 10.9. The molecule has 6 rings (SSSR count). The van der Waals surface area contributed by atoms with Crippen LogP contribution in [0.15, 0.2) is 36.5 Å². The minimum atomic E-state index is -0.159. The minimum Gasteiger partial charge on any atom is -0.450 e. The first-order valence-electron chi connectivity index (χ1n) is 13.2. The van der Waals surface area contributed by atoms with Gasteiger partial charge in [0.1, 0.15) is 5.82 Å². The van der Waals surface area contributed by atoms with Gasteiger partial charge >= 0.3 is 6.09 Å². The molecule has 2 amide bonds. The van der Waals surface area contributed by atoms with E-state index < -0.39 is 0 Å². The number of hydrogen-bond donors (Lipinski definition) is 0. The van der Waals surface area contributed by atoms with Gasteiger partial charge in [-0.3, -0.25) is 9.69 Å². The summed E-state index contributed by atoms with van der Waals surface area (Å²) in [4.78, 5) is 37.8. The van der Waals surface area contributed by atoms with E-state index in [1.807, 2.05) is 37.2 Å². The van der Waals surface area contributed by atoms with Crippen molar-refractivity contribution in [1.82, 2.24) is 19.7 Å². The Bertz CT molecular complexity index is 1170. The number of carbonyl (C=O) groups is 2. The first kappa shape index (κ1) is 23.3. The highest BCUT2D eigenvalue weighted by Crippen LogP contribution is 2.47. The fraction of sp³-hybridized carbons (Fsp3) is 0.536. The maximum atomic E-state index is 12.3. The molecule has 4 heterocycles. The molecule has 3 aliphatic heterocycles. The number of anilines is 1. The Morgan fingerprint density at radius 3 is 2.72 bits per heavy atom. The lowest BCUT2D eigenvalue weighted by atomic mass is 9.78. The summed E-state index contributed by atoms with van der Waals surface area (Å²) in [5.41, 5.74) is 4.45. The molecule has 8 nitrogen and oxygen atoms in total. The number of carbonyl (C=O) groups excluding carboxylic acids is 2. The molecule has 1 atom stereocenters. The van der Waals surface area contributed by atoms with E-state index in [-0.39, 0.29) is 12.0 Å². The van der Waals surface area contributed by atoms with Gasteiger partial charge in [0, 0.05) is 81.6 Å². The number of rotatable bonds is 4. The van der Waals surface area contributed by atoms with Crippen LogP contribution < -0.4 is 4.90 Å². The molecule has 1 aliphatic carbocycles. The van der Waals surface area contributed by atoms with Crippen molar-refractivity contribution in [3.05, 3.63) is 47.7 Å². The Labute approximate surface area is 212 Å². The number of nitrogens with zero attached hydrogens (tertiary/aromatic N) is 5. The minimum absolute atomic E-state index is 0.100. The number of hydrogen-bond acceptors (Lipinski definition) is 6. The van der Waals surface area contributed by atoms with Gasteiger partial charge in [-0.05, 0) is 61.6 Å². The van der Waals surface area contributed by atoms with Gasteiger partial charge in [-0.15, -0.1) is 0 Å². The Morgan fingerprint density at radius 1 is 1.14 bits per heavy atom. The van der Waals surface area contributed by atoms with Crippen LogP contribution in [0.25, 0.3) is 11.1 Å². The Kier molecular flexibility index (Phi) is 5.86. The third-order valence-corrected chi connectivity index (χ3v) is 8.57. The van der Waals surface area contributed by atoms with E-state index in [1.54, 1.807) is 4.90 Å². The van der Waals surface area contributed by atoms with Gasteiger partial charge in [0.2, 0.25) is 0 Å². The van der Waals surface area contributed by atoms with Crippen molar-refractivity contribution in [3.8, 4) is 11.1 Å². The molecular formula is C28H35N5O3. The molecule has 1 saturated carbocycles. The van der Waals surface area contributed by atoms with Crippen molar-refractivity contribution >= 4 is 17.8 Å². The van der Waals surface area contributed by atoms with Gasteiger partial charge in [0.15, 0.2) is 0 Å². The molecule has 0 bridgehead atoms. The average Bonchev–Trinajstić information content (AvgIpc) is 3.45. The van der Waals surface area contributed by atoms with Crippen molar-refractivity contribution in [3.63, 3.8) is 0 Å². The predicted molar refractivity (Wildman–Crippen MR) is 138 cm³/mol. The summed E-state index contributed by atoms with van der Waals surface area (Å²) in [6.45, 7) is 8.63. The van der Waals surface area contributed by atoms with Crippen LogP contribution in [-0.4, -0.2) is 90.6 Å². The van der Waals surface area contributed by atoms with Gasteiger partial charge in [-0.25, -0.2) is 9.78 Å². The topological polar surface area (TPSA) is 69.2 Å². The fourth-order valence-corrected chi connectivity index (χ4v) is 6.69. The third kappa shape index (κ3) is 4.01. The highest BCUT2D eigenvalue weighted by Gasteiger charge is 2.51. The first-order chi connectivity index (χ1) is 17.5. The lowest BCUT2D eigenvalue weighted by Gasteiger charge is -2.48. The van der Waals surface area contributed by atoms with Crippen LogP contribution in [-0.2, 0) is 11.3 Å². The number of fused-ring (bicyclic) bond motifs is 1. The number of benzene rings is 1. The molecule has 8 heteroatoms. The predicted octanol–water partition coefficient (Wildman–Crippen LogP) is 3.47. The second-order valence-electron chi connectivity index (χ2n) is 10.9. The number of piperazine rings is 1. The van der Waals surface area contributed by atoms with E-state index in [9.17, 15) is 9.59 Å². The summed E-state index contributed by atoms with van der Waals surface area (Å²) in [6, 6.07) is 10.9. The van der Waals surface area contributed by atoms with Crippen LogP contribution in [0.2, 0.25) is 0 Å². The second kappa shape index (κ2) is 9.07. The molecule has 2 saturated heterocycles. The summed E-state index contributed by atoms with van der Waals surface area (Å²) >= 11 is 0. The molecule has 0 N–H and O–H groups in total. The van der Waals surface area contributed by atoms with Crippen molar-refractivity contribution in [2.45, 2.75) is 38.8 Å². The molecular weight excluding hydrogens is 454 g/mol. The molecule has 1 spiro atoms. The highest BCUT2D eigenvalue weighted by atomic mass is 16.6. The SMILES string of the molecule is CCOC(=O)N1CC2(CC[C@@H](N3CCN(c4ncccc4-c4ccc5c(c4)CN(C)C5=O)CC3)C2)C1. The zero-order valence-electron chi connectivity index (χ0n) is 21.3. The van der Waals surface area contributed by atoms with Crippen LogP contribution >= 0.6 is 0 Å². The maximum Gasteiger partial charge on any atom is 0.409 e. The number of amides is 2. The molecule has 36 heavy (non-hydrogen) atoms. The molecule has 0 unspecified atom stereocenters. The number of aromatic nitrogens is 1. The van der Waals surface area contributed by atoms with Crippen LogP contribution in [0, 0.1) is 5.41 Å². The van der Waals surface area contributed by atoms with E-state index in [4.69, 9.17) is 9.72 Å². The monoisotopic (exact) mass is 489 g/mol. The Hall–Kier alpha value is -3.13. The maximum absolute atomic E-state index is 12.3. The largest absolute Gasteiger partial charge is 0.450 e. The number of likely N-dealkylation sites (tertiary alicyclic amines) is 1. The summed E-state index contributed by atoms with van der Waals surface area (Å²) < 4.78 is 5.17. The highest BCUT2D eigenvalue weighted by molar-refractivity contribution is 5.99. The van der Waals surface area contributed by atoms with Crippen LogP contribution in [0.5, 0.6) is 0 Å². The van der Waals surface area contributed by atoms with Crippen molar-refractivity contribution in [1.29, 1.82) is 0 Å². The molecule has 190 valence electrons. The molecule has 1 aromatic carbocycles. The van der Waals surface area contributed by atoms with E-state index in [0.29, 0.717) is 24.6 Å². The lowest BCUT2D eigenvalue weighted by Crippen LogP contribution is -2.58. The van der Waals surface area contributed by atoms with E-state index in [1.165, 1.54) is 19.3 Å². The number of pyridine rings is 1. The van der Waals surface area contributed by atoms with Gasteiger partial charge in [-0.1, -0.05) is 6.07 Å². The first-order valence-corrected chi connectivity index (χ1v) is 13.2. The normalized spacial score (nSPS) is 23.2.